The van der Waals surface area contributed by atoms with Gasteiger partial charge < -0.3 is 5.11 Å². The molecule has 1 rings (SSSR count). The van der Waals surface area contributed by atoms with Gasteiger partial charge in [-0.25, -0.2) is 0 Å². The van der Waals surface area contributed by atoms with E-state index in [2.05, 4.69) is 5.48 Å². The molecule has 0 saturated carbocycles. The Morgan fingerprint density at radius 1 is 1.38 bits per heavy atom. The summed E-state index contributed by atoms with van der Waals surface area (Å²) >= 11 is 5.85. The van der Waals surface area contributed by atoms with Crippen molar-refractivity contribution in [1.82, 2.24) is 0 Å². The molecule has 2 N–H and O–H groups in total. The zero-order chi connectivity index (χ0) is 9.52. The second kappa shape index (κ2) is 5.80. The van der Waals surface area contributed by atoms with Crippen LogP contribution in [-0.4, -0.2) is 18.3 Å². The second-order valence-electron chi connectivity index (χ2n) is 2.51. The van der Waals surface area contributed by atoms with Gasteiger partial charge in [-0.05, 0) is 18.6 Å². The average Bonchev–Trinajstić information content (AvgIpc) is 2.15. The van der Waals surface area contributed by atoms with Crippen LogP contribution in [0.2, 0.25) is 5.02 Å². The van der Waals surface area contributed by atoms with Gasteiger partial charge in [-0.3, -0.25) is 10.3 Å². The van der Waals surface area contributed by atoms with Crippen LogP contribution in [0.3, 0.4) is 0 Å². The van der Waals surface area contributed by atoms with Crippen molar-refractivity contribution in [2.45, 2.75) is 6.42 Å². The second-order valence-corrected chi connectivity index (χ2v) is 2.91. The highest BCUT2D eigenvalue weighted by atomic mass is 35.5. The molecule has 0 aliphatic heterocycles. The van der Waals surface area contributed by atoms with Gasteiger partial charge in [0.25, 0.3) is 0 Å². The molecule has 72 valence electrons. The van der Waals surface area contributed by atoms with Crippen LogP contribution < -0.4 is 5.48 Å². The molecule has 0 atom stereocenters. The minimum absolute atomic E-state index is 0.129. The number of anilines is 1. The Morgan fingerprint density at radius 3 is 2.85 bits per heavy atom. The fraction of sp³-hybridized carbons (Fsp3) is 0.333. The Morgan fingerprint density at radius 2 is 2.15 bits per heavy atom. The van der Waals surface area contributed by atoms with Crippen LogP contribution in [0.15, 0.2) is 24.3 Å². The van der Waals surface area contributed by atoms with Crippen LogP contribution in [0.25, 0.3) is 0 Å². The molecule has 0 aliphatic carbocycles. The summed E-state index contributed by atoms with van der Waals surface area (Å²) in [5.41, 5.74) is 3.44. The van der Waals surface area contributed by atoms with Gasteiger partial charge >= 0.3 is 0 Å². The van der Waals surface area contributed by atoms with Crippen molar-refractivity contribution in [3.63, 3.8) is 0 Å². The van der Waals surface area contributed by atoms with Gasteiger partial charge in [0.05, 0.1) is 17.3 Å². The van der Waals surface area contributed by atoms with Gasteiger partial charge in [0.15, 0.2) is 0 Å². The molecule has 0 amide bonds. The highest BCUT2D eigenvalue weighted by Gasteiger charge is 1.96. The number of benzene rings is 1. The van der Waals surface area contributed by atoms with E-state index >= 15 is 0 Å². The zero-order valence-electron chi connectivity index (χ0n) is 7.16. The number of aliphatic hydroxyl groups excluding tert-OH is 1. The Hall–Kier alpha value is -0.770. The van der Waals surface area contributed by atoms with E-state index in [1.165, 1.54) is 0 Å². The molecule has 1 aromatic carbocycles. The molecular formula is C9H12ClNO2. The monoisotopic (exact) mass is 201 g/mol. The largest absolute Gasteiger partial charge is 0.396 e. The van der Waals surface area contributed by atoms with Crippen molar-refractivity contribution in [2.24, 2.45) is 0 Å². The molecule has 0 saturated heterocycles. The van der Waals surface area contributed by atoms with Gasteiger partial charge in [0.1, 0.15) is 0 Å². The number of para-hydroxylation sites is 1. The maximum absolute atomic E-state index is 8.48. The molecule has 0 bridgehead atoms. The number of halogens is 1. The van der Waals surface area contributed by atoms with Crippen LogP contribution in [0.1, 0.15) is 6.42 Å². The summed E-state index contributed by atoms with van der Waals surface area (Å²) < 4.78 is 0. The lowest BCUT2D eigenvalue weighted by atomic mass is 10.3. The van der Waals surface area contributed by atoms with E-state index < -0.39 is 0 Å². The highest BCUT2D eigenvalue weighted by molar-refractivity contribution is 6.33. The van der Waals surface area contributed by atoms with Crippen molar-refractivity contribution in [3.8, 4) is 0 Å². The van der Waals surface area contributed by atoms with Gasteiger partial charge in [-0.2, -0.15) is 0 Å². The molecule has 0 aliphatic rings. The third kappa shape index (κ3) is 3.63. The summed E-state index contributed by atoms with van der Waals surface area (Å²) in [5, 5.41) is 9.10. The SMILES string of the molecule is OCCCONc1ccccc1Cl. The standard InChI is InChI=1S/C9H12ClNO2/c10-8-4-1-2-5-9(8)11-13-7-3-6-12/h1-2,4-5,11-12H,3,6-7H2. The first-order chi connectivity index (χ1) is 6.34. The predicted octanol–water partition coefficient (Wildman–Crippen LogP) is 2.07. The molecule has 0 aromatic heterocycles. The van der Waals surface area contributed by atoms with Crippen molar-refractivity contribution >= 4 is 17.3 Å². The number of hydrogen-bond donors (Lipinski definition) is 2. The molecule has 1 aromatic rings. The minimum atomic E-state index is 0.129. The van der Waals surface area contributed by atoms with Gasteiger partial charge in [-0.1, -0.05) is 23.7 Å². The van der Waals surface area contributed by atoms with Crippen LogP contribution >= 0.6 is 11.6 Å². The number of rotatable bonds is 5. The molecule has 0 unspecified atom stereocenters. The van der Waals surface area contributed by atoms with E-state index in [4.69, 9.17) is 21.5 Å². The number of nitrogens with one attached hydrogen (secondary N) is 1. The number of hydrogen-bond acceptors (Lipinski definition) is 3. The summed E-state index contributed by atoms with van der Waals surface area (Å²) in [5.74, 6) is 0. The maximum atomic E-state index is 8.48. The van der Waals surface area contributed by atoms with E-state index in [9.17, 15) is 0 Å². The predicted molar refractivity (Wildman–Crippen MR) is 52.7 cm³/mol. The molecule has 0 radical (unpaired) electrons. The molecule has 0 heterocycles. The van der Waals surface area contributed by atoms with Crippen LogP contribution in [0.4, 0.5) is 5.69 Å². The fourth-order valence-electron chi connectivity index (χ4n) is 0.809. The smallest absolute Gasteiger partial charge is 0.0790 e. The van der Waals surface area contributed by atoms with E-state index in [0.29, 0.717) is 18.1 Å². The highest BCUT2D eigenvalue weighted by Crippen LogP contribution is 2.19. The van der Waals surface area contributed by atoms with E-state index in [1.54, 1.807) is 6.07 Å². The first-order valence-corrected chi connectivity index (χ1v) is 4.45. The Kier molecular flexibility index (Phi) is 4.60. The van der Waals surface area contributed by atoms with Gasteiger partial charge in [-0.15, -0.1) is 0 Å². The Bertz CT molecular complexity index is 255. The third-order valence-electron chi connectivity index (χ3n) is 1.46. The normalized spacial score (nSPS) is 10.0. The van der Waals surface area contributed by atoms with Crippen molar-refractivity contribution in [1.29, 1.82) is 0 Å². The first kappa shape index (κ1) is 10.3. The van der Waals surface area contributed by atoms with Crippen LogP contribution in [0.5, 0.6) is 0 Å². The summed E-state index contributed by atoms with van der Waals surface area (Å²) in [6, 6.07) is 7.31. The lowest BCUT2D eigenvalue weighted by Gasteiger charge is -2.07. The first-order valence-electron chi connectivity index (χ1n) is 4.08. The van der Waals surface area contributed by atoms with Crippen molar-refractivity contribution in [3.05, 3.63) is 29.3 Å². The number of aliphatic hydroxyl groups is 1. The maximum Gasteiger partial charge on any atom is 0.0790 e. The molecular weight excluding hydrogens is 190 g/mol. The molecule has 3 nitrogen and oxygen atoms in total. The van der Waals surface area contributed by atoms with E-state index in [-0.39, 0.29) is 6.61 Å². The van der Waals surface area contributed by atoms with Crippen molar-refractivity contribution < 1.29 is 9.94 Å². The molecule has 13 heavy (non-hydrogen) atoms. The van der Waals surface area contributed by atoms with Crippen LogP contribution in [0, 0.1) is 0 Å². The minimum Gasteiger partial charge on any atom is -0.396 e. The quantitative estimate of drug-likeness (QED) is 0.566. The summed E-state index contributed by atoms with van der Waals surface area (Å²) in [6.45, 7) is 0.589. The summed E-state index contributed by atoms with van der Waals surface area (Å²) in [6.07, 6.45) is 0.609. The summed E-state index contributed by atoms with van der Waals surface area (Å²) in [4.78, 5) is 5.05. The average molecular weight is 202 g/mol. The Balaban J connectivity index is 2.32. The molecule has 4 heteroatoms. The third-order valence-corrected chi connectivity index (χ3v) is 1.79. The van der Waals surface area contributed by atoms with Crippen molar-refractivity contribution in [2.75, 3.05) is 18.7 Å². The van der Waals surface area contributed by atoms with E-state index in [1.807, 2.05) is 18.2 Å². The van der Waals surface area contributed by atoms with Gasteiger partial charge in [0.2, 0.25) is 0 Å². The topological polar surface area (TPSA) is 41.5 Å². The molecule has 0 fully saturated rings. The van der Waals surface area contributed by atoms with Gasteiger partial charge in [0, 0.05) is 6.61 Å². The fourth-order valence-corrected chi connectivity index (χ4v) is 0.984. The lowest BCUT2D eigenvalue weighted by molar-refractivity contribution is 0.163. The zero-order valence-corrected chi connectivity index (χ0v) is 7.92. The lowest BCUT2D eigenvalue weighted by Crippen LogP contribution is -2.04. The Labute approximate surface area is 82.2 Å². The summed E-state index contributed by atoms with van der Waals surface area (Å²) in [7, 11) is 0. The van der Waals surface area contributed by atoms with Crippen LogP contribution in [-0.2, 0) is 4.84 Å². The molecule has 0 spiro atoms. The van der Waals surface area contributed by atoms with E-state index in [0.717, 1.165) is 5.69 Å².